The third-order valence-corrected chi connectivity index (χ3v) is 5.99. The molecule has 2 aromatic heterocycles. The van der Waals surface area contributed by atoms with Crippen LogP contribution in [-0.4, -0.2) is 24.3 Å². The topological polar surface area (TPSA) is 106 Å². The third kappa shape index (κ3) is 4.94. The summed E-state index contributed by atoms with van der Waals surface area (Å²) in [5.74, 6) is 0.747. The average Bonchev–Trinajstić information content (AvgIpc) is 2.88. The zero-order chi connectivity index (χ0) is 25.8. The van der Waals surface area contributed by atoms with E-state index in [0.717, 1.165) is 16.7 Å². The van der Waals surface area contributed by atoms with Gasteiger partial charge in [-0.2, -0.15) is 5.48 Å². The Kier molecular flexibility index (Phi) is 7.36. The number of carbonyl (C=O) groups excluding carboxylic acids is 1. The monoisotopic (exact) mass is 504 g/mol. The molecule has 0 fully saturated rings. The number of carbonyl (C=O) groups is 1. The number of aliphatic imine (C=N–C) groups is 1. The molecule has 184 valence electrons. The average molecular weight is 505 g/mol. The second-order valence-electron chi connectivity index (χ2n) is 8.27. The number of hydroxylamine groups is 1. The van der Waals surface area contributed by atoms with Gasteiger partial charge in [-0.25, -0.2) is 4.98 Å². The number of benzene rings is 2. The normalized spacial score (nSPS) is 12.3. The Bertz CT molecular complexity index is 1520. The minimum absolute atomic E-state index is 0.0725. The highest BCUT2D eigenvalue weighted by Gasteiger charge is 2.21. The number of hydrogen-bond acceptors (Lipinski definition) is 7. The van der Waals surface area contributed by atoms with Gasteiger partial charge >= 0.3 is 6.47 Å². The van der Waals surface area contributed by atoms with Gasteiger partial charge in [0.25, 0.3) is 0 Å². The van der Waals surface area contributed by atoms with Crippen molar-refractivity contribution < 1.29 is 14.0 Å². The molecule has 0 spiro atoms. The summed E-state index contributed by atoms with van der Waals surface area (Å²) in [6, 6.07) is 16.5. The molecule has 0 saturated carbocycles. The van der Waals surface area contributed by atoms with E-state index in [4.69, 9.17) is 16.0 Å². The highest BCUT2D eigenvalue weighted by Crippen LogP contribution is 2.32. The Hall–Kier alpha value is -4.17. The highest BCUT2D eigenvalue weighted by molar-refractivity contribution is 6.29. The maximum atomic E-state index is 13.4. The first-order valence-corrected chi connectivity index (χ1v) is 11.6. The molecule has 0 saturated heterocycles. The van der Waals surface area contributed by atoms with Crippen LogP contribution in [0.5, 0.6) is 0 Å². The molecule has 0 bridgehead atoms. The van der Waals surface area contributed by atoms with Crippen molar-refractivity contribution in [1.82, 2.24) is 10.5 Å². The van der Waals surface area contributed by atoms with E-state index in [-0.39, 0.29) is 28.9 Å². The van der Waals surface area contributed by atoms with E-state index >= 15 is 0 Å². The number of amidine groups is 1. The number of hydrogen-bond donors (Lipinski definition) is 2. The van der Waals surface area contributed by atoms with Crippen LogP contribution in [0.4, 0.5) is 5.69 Å². The fourth-order valence-electron chi connectivity index (χ4n) is 4.08. The van der Waals surface area contributed by atoms with Gasteiger partial charge in [-0.1, -0.05) is 48.0 Å². The molecule has 2 N–H and O–H groups in total. The molecule has 0 aliphatic rings. The van der Waals surface area contributed by atoms with Crippen molar-refractivity contribution in [3.63, 3.8) is 0 Å². The van der Waals surface area contributed by atoms with Crippen LogP contribution in [0.15, 0.2) is 68.8 Å². The van der Waals surface area contributed by atoms with Crippen LogP contribution >= 0.6 is 11.6 Å². The van der Waals surface area contributed by atoms with Gasteiger partial charge in [-0.15, -0.1) is 0 Å². The van der Waals surface area contributed by atoms with Gasteiger partial charge < -0.3 is 14.6 Å². The summed E-state index contributed by atoms with van der Waals surface area (Å²) in [5.41, 5.74) is 6.94. The first-order chi connectivity index (χ1) is 17.3. The van der Waals surface area contributed by atoms with Crippen LogP contribution < -0.4 is 16.2 Å². The van der Waals surface area contributed by atoms with Gasteiger partial charge in [-0.05, 0) is 44.5 Å². The predicted octanol–water partition coefficient (Wildman–Crippen LogP) is 5.35. The molecule has 4 aromatic rings. The summed E-state index contributed by atoms with van der Waals surface area (Å²) in [7, 11) is 1.53. The number of rotatable bonds is 7. The van der Waals surface area contributed by atoms with E-state index in [9.17, 15) is 9.59 Å². The maximum Gasteiger partial charge on any atom is 0.320 e. The molecular formula is C27H25ClN4O4. The summed E-state index contributed by atoms with van der Waals surface area (Å²) < 4.78 is 6.40. The Morgan fingerprint density at radius 2 is 1.92 bits per heavy atom. The van der Waals surface area contributed by atoms with Crippen LogP contribution in [0, 0.1) is 13.8 Å². The van der Waals surface area contributed by atoms with Crippen LogP contribution in [0.25, 0.3) is 22.3 Å². The lowest BCUT2D eigenvalue weighted by Gasteiger charge is -2.20. The molecule has 2 heterocycles. The predicted molar refractivity (Wildman–Crippen MR) is 141 cm³/mol. The zero-order valence-corrected chi connectivity index (χ0v) is 21.0. The Balaban J connectivity index is 1.83. The first-order valence-electron chi connectivity index (χ1n) is 11.2. The lowest BCUT2D eigenvalue weighted by Crippen LogP contribution is -2.27. The van der Waals surface area contributed by atoms with Crippen molar-refractivity contribution in [2.75, 3.05) is 12.4 Å². The van der Waals surface area contributed by atoms with Crippen LogP contribution in [0.3, 0.4) is 0 Å². The number of fused-ring (bicyclic) bond motifs is 1. The number of halogens is 1. The van der Waals surface area contributed by atoms with Gasteiger partial charge in [-0.3, -0.25) is 14.6 Å². The van der Waals surface area contributed by atoms with Crippen molar-refractivity contribution in [3.8, 4) is 11.3 Å². The van der Waals surface area contributed by atoms with E-state index in [0.29, 0.717) is 33.7 Å². The summed E-state index contributed by atoms with van der Waals surface area (Å²) in [5, 5.41) is 4.17. The van der Waals surface area contributed by atoms with Crippen molar-refractivity contribution >= 4 is 40.6 Å². The number of nitrogens with one attached hydrogen (secondary N) is 2. The third-order valence-electron chi connectivity index (χ3n) is 5.78. The van der Waals surface area contributed by atoms with Gasteiger partial charge in [0.15, 0.2) is 11.3 Å². The molecular weight excluding hydrogens is 480 g/mol. The zero-order valence-electron chi connectivity index (χ0n) is 20.3. The number of pyridine rings is 1. The van der Waals surface area contributed by atoms with Gasteiger partial charge in [0.2, 0.25) is 0 Å². The van der Waals surface area contributed by atoms with Crippen LogP contribution in [0.1, 0.15) is 35.3 Å². The summed E-state index contributed by atoms with van der Waals surface area (Å²) in [4.78, 5) is 37.1. The molecule has 36 heavy (non-hydrogen) atoms. The van der Waals surface area contributed by atoms with Crippen LogP contribution in [0.2, 0.25) is 5.15 Å². The number of aryl methyl sites for hydroxylation is 1. The summed E-state index contributed by atoms with van der Waals surface area (Å²) in [6.07, 6.45) is 0. The number of anilines is 1. The van der Waals surface area contributed by atoms with E-state index < -0.39 is 0 Å². The van der Waals surface area contributed by atoms with Gasteiger partial charge in [0, 0.05) is 23.7 Å². The lowest BCUT2D eigenvalue weighted by atomic mass is 9.98. The molecule has 9 heteroatoms. The quantitative estimate of drug-likeness (QED) is 0.115. The van der Waals surface area contributed by atoms with Crippen molar-refractivity contribution in [2.45, 2.75) is 26.8 Å². The molecule has 0 aliphatic heterocycles. The minimum atomic E-state index is -0.311. The summed E-state index contributed by atoms with van der Waals surface area (Å²) in [6.45, 7) is 5.92. The molecule has 1 unspecified atom stereocenters. The number of aromatic nitrogens is 1. The van der Waals surface area contributed by atoms with Crippen molar-refractivity contribution in [2.24, 2.45) is 4.99 Å². The molecule has 0 radical (unpaired) electrons. The Morgan fingerprint density at radius 3 is 2.61 bits per heavy atom. The van der Waals surface area contributed by atoms with Crippen LogP contribution in [-0.2, 0) is 9.63 Å². The second-order valence-corrected chi connectivity index (χ2v) is 8.65. The van der Waals surface area contributed by atoms with E-state index in [1.54, 1.807) is 19.1 Å². The lowest BCUT2D eigenvalue weighted by molar-refractivity contribution is -0.132. The maximum absolute atomic E-state index is 13.4. The number of nitrogens with zero attached hydrogens (tertiary/aromatic N) is 2. The molecule has 2 aromatic carbocycles. The van der Waals surface area contributed by atoms with E-state index in [2.05, 4.69) is 25.6 Å². The Morgan fingerprint density at radius 1 is 1.17 bits per heavy atom. The highest BCUT2D eigenvalue weighted by atomic mass is 35.5. The molecule has 0 aliphatic carbocycles. The molecule has 4 rings (SSSR count). The largest absolute Gasteiger partial charge is 0.455 e. The van der Waals surface area contributed by atoms with Crippen molar-refractivity contribution in [1.29, 1.82) is 0 Å². The molecule has 0 amide bonds. The summed E-state index contributed by atoms with van der Waals surface area (Å²) >= 11 is 6.13. The molecule has 1 atom stereocenters. The fraction of sp³-hybridized carbons (Fsp3) is 0.185. The first kappa shape index (κ1) is 24.9. The second kappa shape index (κ2) is 10.6. The van der Waals surface area contributed by atoms with Gasteiger partial charge in [0.1, 0.15) is 22.2 Å². The molecule has 8 nitrogen and oxygen atoms in total. The van der Waals surface area contributed by atoms with E-state index in [1.807, 2.05) is 56.3 Å². The van der Waals surface area contributed by atoms with E-state index in [1.165, 1.54) is 7.05 Å². The van der Waals surface area contributed by atoms with Crippen molar-refractivity contribution in [3.05, 3.63) is 92.4 Å². The Labute approximate surface area is 212 Å². The standard InChI is InChI=1S/C27H25ClN4O4/c1-15-12-19(17(3)30-21-10-11-22(28)31-23(21)27(29-4)32-35-14-33)26-20(13-15)24(34)16(2)25(36-26)18-8-6-5-7-9-18/h5-14,17,30H,1-4H3,(H,29,32). The SMILES string of the molecule is CN=C(NOC=O)c1nc(Cl)ccc1NC(C)c1cc(C)cc2c(=O)c(C)c(-c3ccccc3)oc12. The fourth-order valence-corrected chi connectivity index (χ4v) is 4.22. The smallest absolute Gasteiger partial charge is 0.320 e. The van der Waals surface area contributed by atoms with Gasteiger partial charge in [0.05, 0.1) is 17.1 Å². The minimum Gasteiger partial charge on any atom is -0.455 e.